The molecule has 2 N–H and O–H groups in total. The van der Waals surface area contributed by atoms with Crippen LogP contribution < -0.4 is 15.4 Å². The number of pyridine rings is 1. The van der Waals surface area contributed by atoms with Crippen molar-refractivity contribution >= 4 is 29.0 Å². The van der Waals surface area contributed by atoms with Crippen molar-refractivity contribution in [2.75, 3.05) is 19.4 Å². The molecule has 0 aliphatic heterocycles. The SMILES string of the molecule is [2H]C([2H])([2H])NC(=O)c1nnc(Cl)cc1Nc1nccc(-c2cnn(C3CC3)n2)c1OC. The number of aromatic nitrogens is 6. The molecule has 0 bridgehead atoms. The molecule has 0 aromatic carbocycles. The van der Waals surface area contributed by atoms with Gasteiger partial charge in [-0.2, -0.15) is 15.0 Å². The van der Waals surface area contributed by atoms with Crippen molar-refractivity contribution in [1.29, 1.82) is 0 Å². The number of hydrogen-bond donors (Lipinski definition) is 2. The lowest BCUT2D eigenvalue weighted by Crippen LogP contribution is -2.21. The van der Waals surface area contributed by atoms with Crippen molar-refractivity contribution < 1.29 is 13.6 Å². The van der Waals surface area contributed by atoms with Crippen molar-refractivity contribution in [3.8, 4) is 17.0 Å². The number of methoxy groups -OCH3 is 1. The maximum Gasteiger partial charge on any atom is 0.273 e. The summed E-state index contributed by atoms with van der Waals surface area (Å²) in [6.45, 7) is -2.70. The van der Waals surface area contributed by atoms with Crippen LogP contribution >= 0.6 is 11.6 Å². The van der Waals surface area contributed by atoms with Gasteiger partial charge in [-0.05, 0) is 18.9 Å². The van der Waals surface area contributed by atoms with E-state index in [9.17, 15) is 4.79 Å². The molecule has 1 amide bonds. The van der Waals surface area contributed by atoms with Crippen molar-refractivity contribution in [2.24, 2.45) is 0 Å². The topological polar surface area (TPSA) is 120 Å². The molecule has 1 aliphatic rings. The number of carbonyl (C=O) groups is 1. The molecule has 3 heterocycles. The summed E-state index contributed by atoms with van der Waals surface area (Å²) in [6, 6.07) is 3.38. The van der Waals surface area contributed by atoms with Crippen LogP contribution in [0.2, 0.25) is 5.15 Å². The first-order valence-electron chi connectivity index (χ1n) is 9.83. The van der Waals surface area contributed by atoms with Crippen LogP contribution in [-0.4, -0.2) is 50.2 Å². The minimum atomic E-state index is -2.70. The van der Waals surface area contributed by atoms with Gasteiger partial charge in [-0.1, -0.05) is 11.6 Å². The van der Waals surface area contributed by atoms with Gasteiger partial charge in [0.2, 0.25) is 0 Å². The normalized spacial score (nSPS) is 15.3. The van der Waals surface area contributed by atoms with E-state index in [1.54, 1.807) is 17.1 Å². The Kier molecular flexibility index (Phi) is 3.89. The summed E-state index contributed by atoms with van der Waals surface area (Å²) in [5, 5.41) is 20.9. The monoisotopic (exact) mass is 403 g/mol. The smallest absolute Gasteiger partial charge is 0.273 e. The molecule has 3 aromatic heterocycles. The lowest BCUT2D eigenvalue weighted by molar-refractivity contribution is 0.0958. The third-order valence-corrected chi connectivity index (χ3v) is 4.30. The molecule has 1 saturated carbocycles. The summed E-state index contributed by atoms with van der Waals surface area (Å²) in [5.41, 5.74) is 1.06. The Hall–Kier alpha value is -3.27. The fourth-order valence-corrected chi connectivity index (χ4v) is 2.79. The summed E-state index contributed by atoms with van der Waals surface area (Å²) in [6.07, 6.45) is 5.27. The van der Waals surface area contributed by atoms with Gasteiger partial charge in [-0.3, -0.25) is 4.79 Å². The minimum absolute atomic E-state index is 0.00423. The van der Waals surface area contributed by atoms with Crippen molar-refractivity contribution in [2.45, 2.75) is 18.9 Å². The predicted octanol–water partition coefficient (Wildman–Crippen LogP) is 2.23. The van der Waals surface area contributed by atoms with Crippen molar-refractivity contribution in [1.82, 2.24) is 35.5 Å². The predicted molar refractivity (Wildman–Crippen MR) is 102 cm³/mol. The van der Waals surface area contributed by atoms with Gasteiger partial charge in [0.25, 0.3) is 5.91 Å². The first-order valence-corrected chi connectivity index (χ1v) is 8.71. The van der Waals surface area contributed by atoms with Gasteiger partial charge >= 0.3 is 0 Å². The van der Waals surface area contributed by atoms with E-state index in [-0.39, 0.29) is 22.4 Å². The van der Waals surface area contributed by atoms with E-state index < -0.39 is 12.9 Å². The Balaban J connectivity index is 1.69. The standard InChI is InChI=1S/C17H17ClN8O2/c1-19-17(27)14-11(7-13(18)23-24-14)22-16-15(28-2)10(5-6-20-16)12-8-21-26(25-12)9-3-4-9/h5-9H,3-4H2,1-2H3,(H,19,27)(H,20,22,23)/i1D3. The summed E-state index contributed by atoms with van der Waals surface area (Å²) < 4.78 is 27.2. The number of carbonyl (C=O) groups excluding carboxylic acids is 1. The number of nitrogens with one attached hydrogen (secondary N) is 2. The Morgan fingerprint density at radius 3 is 3.04 bits per heavy atom. The molecular weight excluding hydrogens is 384 g/mol. The van der Waals surface area contributed by atoms with Gasteiger partial charge < -0.3 is 15.4 Å². The van der Waals surface area contributed by atoms with Gasteiger partial charge in [0.15, 0.2) is 22.4 Å². The number of hydrogen-bond acceptors (Lipinski definition) is 8. The molecule has 1 aliphatic carbocycles. The van der Waals surface area contributed by atoms with E-state index >= 15 is 0 Å². The van der Waals surface area contributed by atoms with Crippen molar-refractivity contribution in [3.63, 3.8) is 0 Å². The third-order valence-electron chi connectivity index (χ3n) is 4.11. The van der Waals surface area contributed by atoms with Crippen LogP contribution in [0.1, 0.15) is 33.5 Å². The Labute approximate surface area is 169 Å². The molecule has 0 spiro atoms. The highest BCUT2D eigenvalue weighted by Crippen LogP contribution is 2.38. The van der Waals surface area contributed by atoms with Crippen LogP contribution in [0.25, 0.3) is 11.3 Å². The average Bonchev–Trinajstić information content (AvgIpc) is 3.43. The highest BCUT2D eigenvalue weighted by molar-refractivity contribution is 6.29. The number of anilines is 2. The molecule has 0 saturated heterocycles. The van der Waals surface area contributed by atoms with Crippen LogP contribution in [0.4, 0.5) is 11.5 Å². The van der Waals surface area contributed by atoms with Gasteiger partial charge in [-0.25, -0.2) is 4.98 Å². The average molecular weight is 404 g/mol. The Morgan fingerprint density at radius 1 is 1.43 bits per heavy atom. The number of nitrogens with zero attached hydrogens (tertiary/aromatic N) is 6. The number of ether oxygens (including phenoxy) is 1. The zero-order valence-electron chi connectivity index (χ0n) is 17.7. The van der Waals surface area contributed by atoms with E-state index in [2.05, 4.69) is 30.7 Å². The van der Waals surface area contributed by atoms with Gasteiger partial charge in [0.1, 0.15) is 5.69 Å². The minimum Gasteiger partial charge on any atom is -0.492 e. The van der Waals surface area contributed by atoms with Crippen LogP contribution in [0, 0.1) is 0 Å². The largest absolute Gasteiger partial charge is 0.492 e. The quantitative estimate of drug-likeness (QED) is 0.642. The molecule has 4 rings (SSSR count). The zero-order valence-corrected chi connectivity index (χ0v) is 15.4. The lowest BCUT2D eigenvalue weighted by atomic mass is 10.2. The second-order valence-corrected chi connectivity index (χ2v) is 6.42. The van der Waals surface area contributed by atoms with Gasteiger partial charge in [0, 0.05) is 23.4 Å². The maximum absolute atomic E-state index is 12.4. The first kappa shape index (κ1) is 14.7. The molecule has 0 unspecified atom stereocenters. The summed E-state index contributed by atoms with van der Waals surface area (Å²) >= 11 is 5.93. The number of halogens is 1. The summed E-state index contributed by atoms with van der Waals surface area (Å²) in [5.74, 6) is -0.359. The van der Waals surface area contributed by atoms with Crippen LogP contribution in [-0.2, 0) is 0 Å². The van der Waals surface area contributed by atoms with Crippen LogP contribution in [0.5, 0.6) is 5.75 Å². The Morgan fingerprint density at radius 2 is 2.29 bits per heavy atom. The first-order chi connectivity index (χ1) is 14.7. The highest BCUT2D eigenvalue weighted by atomic mass is 35.5. The van der Waals surface area contributed by atoms with E-state index in [1.165, 1.54) is 19.4 Å². The van der Waals surface area contributed by atoms with Crippen LogP contribution in [0.3, 0.4) is 0 Å². The molecule has 11 heteroatoms. The zero-order chi connectivity index (χ0) is 22.2. The molecule has 3 aromatic rings. The molecule has 0 atom stereocenters. The number of rotatable bonds is 6. The van der Waals surface area contributed by atoms with E-state index in [4.69, 9.17) is 20.5 Å². The number of amides is 1. The van der Waals surface area contributed by atoms with Crippen LogP contribution in [0.15, 0.2) is 24.5 Å². The molecule has 28 heavy (non-hydrogen) atoms. The maximum atomic E-state index is 12.4. The van der Waals surface area contributed by atoms with E-state index in [0.29, 0.717) is 23.0 Å². The Bertz CT molecular complexity index is 1130. The van der Waals surface area contributed by atoms with E-state index in [0.717, 1.165) is 12.8 Å². The summed E-state index contributed by atoms with van der Waals surface area (Å²) in [7, 11) is 1.47. The molecule has 10 nitrogen and oxygen atoms in total. The molecule has 1 fully saturated rings. The van der Waals surface area contributed by atoms with Gasteiger partial charge in [-0.15, -0.1) is 10.2 Å². The van der Waals surface area contributed by atoms with E-state index in [1.807, 2.05) is 5.32 Å². The third kappa shape index (κ3) is 3.46. The molecule has 144 valence electrons. The van der Waals surface area contributed by atoms with Crippen molar-refractivity contribution in [3.05, 3.63) is 35.4 Å². The second kappa shape index (κ2) is 7.39. The fraction of sp³-hybridized carbons (Fsp3) is 0.294. The highest BCUT2D eigenvalue weighted by Gasteiger charge is 2.26. The van der Waals surface area contributed by atoms with Gasteiger partial charge in [0.05, 0.1) is 30.6 Å². The second-order valence-electron chi connectivity index (χ2n) is 6.03. The molecule has 0 radical (unpaired) electrons. The molecular formula is C17H17ClN8O2. The fourth-order valence-electron chi connectivity index (χ4n) is 2.64. The lowest BCUT2D eigenvalue weighted by Gasteiger charge is -2.14. The summed E-state index contributed by atoms with van der Waals surface area (Å²) in [4.78, 5) is 18.3.